The molecule has 1 aliphatic carbocycles. The molecule has 0 aromatic heterocycles. The number of carbonyl (C=O) groups is 1. The summed E-state index contributed by atoms with van der Waals surface area (Å²) < 4.78 is 0. The summed E-state index contributed by atoms with van der Waals surface area (Å²) in [6.45, 7) is 2.99. The van der Waals surface area contributed by atoms with Crippen LogP contribution in [0, 0.1) is 5.92 Å². The number of rotatable bonds is 5. The van der Waals surface area contributed by atoms with Crippen molar-refractivity contribution < 1.29 is 4.79 Å². The van der Waals surface area contributed by atoms with E-state index in [9.17, 15) is 4.79 Å². The minimum absolute atomic E-state index is 0.145. The molecular formula is C18H26N2O. The van der Waals surface area contributed by atoms with E-state index < -0.39 is 0 Å². The molecule has 2 atom stereocenters. The normalized spacial score (nSPS) is 26.7. The van der Waals surface area contributed by atoms with Crippen LogP contribution in [-0.4, -0.2) is 23.5 Å². The molecule has 1 amide bonds. The summed E-state index contributed by atoms with van der Waals surface area (Å²) in [5.74, 6) is 1.15. The number of nitrogens with one attached hydrogen (secondary N) is 1. The van der Waals surface area contributed by atoms with Gasteiger partial charge in [0.05, 0.1) is 6.17 Å². The van der Waals surface area contributed by atoms with Gasteiger partial charge in [0, 0.05) is 6.54 Å². The van der Waals surface area contributed by atoms with Crippen LogP contribution in [0.4, 0.5) is 0 Å². The van der Waals surface area contributed by atoms with Crippen LogP contribution in [0.5, 0.6) is 0 Å². The van der Waals surface area contributed by atoms with Gasteiger partial charge < -0.3 is 4.90 Å². The van der Waals surface area contributed by atoms with Gasteiger partial charge in [0.25, 0.3) is 0 Å². The van der Waals surface area contributed by atoms with Gasteiger partial charge >= 0.3 is 0 Å². The van der Waals surface area contributed by atoms with Crippen molar-refractivity contribution in [1.29, 1.82) is 0 Å². The van der Waals surface area contributed by atoms with Crippen LogP contribution in [0.15, 0.2) is 30.3 Å². The average Bonchev–Trinajstić information content (AvgIpc) is 3.11. The quantitative estimate of drug-likeness (QED) is 0.899. The molecule has 1 aromatic rings. The van der Waals surface area contributed by atoms with E-state index in [4.69, 9.17) is 0 Å². The molecule has 1 N–H and O–H groups in total. The molecule has 2 aliphatic rings. The Labute approximate surface area is 127 Å². The van der Waals surface area contributed by atoms with Gasteiger partial charge in [-0.3, -0.25) is 10.1 Å². The second-order valence-corrected chi connectivity index (χ2v) is 6.51. The summed E-state index contributed by atoms with van der Waals surface area (Å²) in [7, 11) is 0. The second kappa shape index (κ2) is 6.61. The molecule has 0 bridgehead atoms. The largest absolute Gasteiger partial charge is 0.326 e. The highest BCUT2D eigenvalue weighted by atomic mass is 16.2. The molecule has 3 nitrogen and oxygen atoms in total. The first kappa shape index (κ1) is 14.6. The monoisotopic (exact) mass is 286 g/mol. The first-order valence-corrected chi connectivity index (χ1v) is 8.37. The molecule has 1 heterocycles. The van der Waals surface area contributed by atoms with Crippen LogP contribution < -0.4 is 5.32 Å². The van der Waals surface area contributed by atoms with Gasteiger partial charge in [-0.15, -0.1) is 0 Å². The van der Waals surface area contributed by atoms with Gasteiger partial charge in [0.15, 0.2) is 0 Å². The molecule has 0 spiro atoms. The van der Waals surface area contributed by atoms with Crippen molar-refractivity contribution in [2.75, 3.05) is 6.54 Å². The molecule has 0 radical (unpaired) electrons. The first-order valence-electron chi connectivity index (χ1n) is 8.37. The molecule has 1 saturated heterocycles. The predicted molar refractivity (Wildman–Crippen MR) is 84.7 cm³/mol. The maximum Gasteiger partial charge on any atom is 0.245 e. The van der Waals surface area contributed by atoms with Crippen molar-refractivity contribution in [1.82, 2.24) is 10.2 Å². The van der Waals surface area contributed by atoms with Crippen molar-refractivity contribution in [2.45, 2.75) is 57.7 Å². The fourth-order valence-corrected chi connectivity index (χ4v) is 3.80. The Morgan fingerprint density at radius 3 is 2.62 bits per heavy atom. The van der Waals surface area contributed by atoms with E-state index in [-0.39, 0.29) is 18.1 Å². The zero-order valence-corrected chi connectivity index (χ0v) is 12.9. The molecule has 114 valence electrons. The van der Waals surface area contributed by atoms with Crippen molar-refractivity contribution in [3.8, 4) is 0 Å². The molecule has 1 aromatic carbocycles. The fourth-order valence-electron chi connectivity index (χ4n) is 3.80. The average molecular weight is 286 g/mol. The fraction of sp³-hybridized carbons (Fsp3) is 0.611. The summed E-state index contributed by atoms with van der Waals surface area (Å²) in [5, 5.41) is 3.42. The summed E-state index contributed by atoms with van der Waals surface area (Å²) in [5.41, 5.74) is 1.08. The van der Waals surface area contributed by atoms with Gasteiger partial charge in [-0.2, -0.15) is 0 Å². The Morgan fingerprint density at radius 1 is 1.19 bits per heavy atom. The Balaban J connectivity index is 1.55. The van der Waals surface area contributed by atoms with Gasteiger partial charge in [0.2, 0.25) is 5.91 Å². The summed E-state index contributed by atoms with van der Waals surface area (Å²) in [4.78, 5) is 14.6. The van der Waals surface area contributed by atoms with E-state index in [0.717, 1.165) is 24.4 Å². The maximum atomic E-state index is 12.6. The highest BCUT2D eigenvalue weighted by Gasteiger charge is 2.36. The number of benzene rings is 1. The lowest BCUT2D eigenvalue weighted by Crippen LogP contribution is -2.35. The summed E-state index contributed by atoms with van der Waals surface area (Å²) in [6.07, 6.45) is 8.17. The van der Waals surface area contributed by atoms with Crippen molar-refractivity contribution in [2.24, 2.45) is 5.92 Å². The van der Waals surface area contributed by atoms with Gasteiger partial charge in [-0.1, -0.05) is 56.0 Å². The number of amides is 1. The van der Waals surface area contributed by atoms with E-state index in [2.05, 4.69) is 12.2 Å². The van der Waals surface area contributed by atoms with Crippen LogP contribution in [0.25, 0.3) is 0 Å². The zero-order chi connectivity index (χ0) is 14.7. The van der Waals surface area contributed by atoms with Crippen LogP contribution in [0.1, 0.15) is 57.1 Å². The number of hydrogen-bond donors (Lipinski definition) is 1. The molecule has 21 heavy (non-hydrogen) atoms. The van der Waals surface area contributed by atoms with Crippen LogP contribution in [0.2, 0.25) is 0 Å². The number of nitrogens with zero attached hydrogens (tertiary/aromatic N) is 1. The third-order valence-corrected chi connectivity index (χ3v) is 5.02. The molecule has 3 heteroatoms. The molecular weight excluding hydrogens is 260 g/mol. The lowest BCUT2D eigenvalue weighted by atomic mass is 10.0. The maximum absolute atomic E-state index is 12.6. The van der Waals surface area contributed by atoms with E-state index >= 15 is 0 Å². The minimum Gasteiger partial charge on any atom is -0.326 e. The number of hydrogen-bond acceptors (Lipinski definition) is 2. The Kier molecular flexibility index (Phi) is 4.59. The lowest BCUT2D eigenvalue weighted by Gasteiger charge is -2.21. The Bertz CT molecular complexity index is 467. The van der Waals surface area contributed by atoms with Crippen LogP contribution >= 0.6 is 0 Å². The Hall–Kier alpha value is -1.35. The zero-order valence-electron chi connectivity index (χ0n) is 12.9. The van der Waals surface area contributed by atoms with Crippen molar-refractivity contribution >= 4 is 5.91 Å². The smallest absolute Gasteiger partial charge is 0.245 e. The van der Waals surface area contributed by atoms with E-state index in [0.29, 0.717) is 0 Å². The third-order valence-electron chi connectivity index (χ3n) is 5.02. The third kappa shape index (κ3) is 3.29. The standard InChI is InChI=1S/C18H26N2O/c1-14-19-17(16-11-3-2-4-12-16)18(21)20(14)13-7-10-15-8-5-6-9-15/h2-4,11-12,14-15,17,19H,5-10,13H2,1H3. The van der Waals surface area contributed by atoms with Crippen LogP contribution in [-0.2, 0) is 4.79 Å². The SMILES string of the molecule is CC1NC(c2ccccc2)C(=O)N1CCCC1CCCC1. The molecule has 1 aliphatic heterocycles. The second-order valence-electron chi connectivity index (χ2n) is 6.51. The Morgan fingerprint density at radius 2 is 1.90 bits per heavy atom. The minimum atomic E-state index is -0.160. The van der Waals surface area contributed by atoms with E-state index in [1.54, 1.807) is 0 Å². The molecule has 3 rings (SSSR count). The molecule has 2 fully saturated rings. The highest BCUT2D eigenvalue weighted by Crippen LogP contribution is 2.29. The van der Waals surface area contributed by atoms with Crippen LogP contribution in [0.3, 0.4) is 0 Å². The first-order chi connectivity index (χ1) is 10.3. The topological polar surface area (TPSA) is 32.3 Å². The molecule has 2 unspecified atom stereocenters. The van der Waals surface area contributed by atoms with Gasteiger partial charge in [0.1, 0.15) is 6.04 Å². The summed E-state index contributed by atoms with van der Waals surface area (Å²) >= 11 is 0. The lowest BCUT2D eigenvalue weighted by molar-refractivity contribution is -0.130. The molecule has 1 saturated carbocycles. The van der Waals surface area contributed by atoms with E-state index in [1.165, 1.54) is 32.1 Å². The van der Waals surface area contributed by atoms with Crippen molar-refractivity contribution in [3.05, 3.63) is 35.9 Å². The van der Waals surface area contributed by atoms with Gasteiger partial charge in [-0.05, 0) is 31.2 Å². The summed E-state index contributed by atoms with van der Waals surface area (Å²) in [6, 6.07) is 9.89. The highest BCUT2D eigenvalue weighted by molar-refractivity contribution is 5.85. The van der Waals surface area contributed by atoms with E-state index in [1.807, 2.05) is 35.2 Å². The predicted octanol–water partition coefficient (Wildman–Crippen LogP) is 3.48. The van der Waals surface area contributed by atoms with Crippen molar-refractivity contribution in [3.63, 3.8) is 0 Å². The van der Waals surface area contributed by atoms with Gasteiger partial charge in [-0.25, -0.2) is 0 Å². The number of carbonyl (C=O) groups excluding carboxylic acids is 1.